The number of aryl methyl sites for hydroxylation is 1. The lowest BCUT2D eigenvalue weighted by atomic mass is 10.0. The summed E-state index contributed by atoms with van der Waals surface area (Å²) in [5, 5.41) is 2.74. The van der Waals surface area contributed by atoms with Gasteiger partial charge in [-0.2, -0.15) is 0 Å². The van der Waals surface area contributed by atoms with Crippen LogP contribution in [0.3, 0.4) is 0 Å². The van der Waals surface area contributed by atoms with Crippen molar-refractivity contribution in [2.75, 3.05) is 0 Å². The van der Waals surface area contributed by atoms with Crippen molar-refractivity contribution in [1.82, 2.24) is 16.2 Å². The number of nitrogens with one attached hydrogen (secondary N) is 3. The Balaban J connectivity index is 2.01. The quantitative estimate of drug-likeness (QED) is 0.566. The molecule has 0 saturated heterocycles. The van der Waals surface area contributed by atoms with Crippen molar-refractivity contribution < 1.29 is 19.1 Å². The van der Waals surface area contributed by atoms with Crippen LogP contribution in [-0.4, -0.2) is 23.8 Å². The molecule has 166 valence electrons. The zero-order chi connectivity index (χ0) is 23.0. The first-order valence-electron chi connectivity index (χ1n) is 10.4. The summed E-state index contributed by atoms with van der Waals surface area (Å²) in [7, 11) is 0. The van der Waals surface area contributed by atoms with Crippen LogP contribution in [0.25, 0.3) is 0 Å². The number of hydrazine groups is 1. The highest BCUT2D eigenvalue weighted by molar-refractivity contribution is 5.90. The molecule has 2 atom stereocenters. The zero-order valence-electron chi connectivity index (χ0n) is 18.7. The Morgan fingerprint density at radius 3 is 2.16 bits per heavy atom. The maximum absolute atomic E-state index is 12.8. The maximum atomic E-state index is 12.8. The van der Waals surface area contributed by atoms with E-state index in [2.05, 4.69) is 16.2 Å². The van der Waals surface area contributed by atoms with Crippen LogP contribution in [-0.2, 0) is 14.4 Å². The van der Waals surface area contributed by atoms with E-state index in [1.165, 1.54) is 0 Å². The number of carbonyl (C=O) groups is 3. The van der Waals surface area contributed by atoms with Gasteiger partial charge in [0.05, 0.1) is 0 Å². The van der Waals surface area contributed by atoms with Gasteiger partial charge in [0, 0.05) is 6.42 Å². The van der Waals surface area contributed by atoms with Crippen LogP contribution in [0.4, 0.5) is 0 Å². The first-order valence-corrected chi connectivity index (χ1v) is 10.4. The second kappa shape index (κ2) is 11.2. The minimum Gasteiger partial charge on any atom is -0.481 e. The molecule has 0 fully saturated rings. The van der Waals surface area contributed by atoms with Crippen molar-refractivity contribution in [2.45, 2.75) is 53.2 Å². The van der Waals surface area contributed by atoms with Gasteiger partial charge in [-0.25, -0.2) is 0 Å². The van der Waals surface area contributed by atoms with Crippen molar-refractivity contribution in [2.24, 2.45) is 5.92 Å². The minimum atomic E-state index is -0.928. The average molecular weight is 426 g/mol. The standard InChI is InChI=1S/C24H31N3O4/c1-15(2)14-21(28)25-22(19-11-7-6-8-12-19)24(30)27-26-23(29)18(5)31-20-13-9-10-16(3)17(20)4/h6-13,15,18,22H,14H2,1-5H3,(H,25,28)(H,26,29)(H,27,30). The molecule has 3 N–H and O–H groups in total. The fourth-order valence-electron chi connectivity index (χ4n) is 2.93. The fraction of sp³-hybridized carbons (Fsp3) is 0.375. The van der Waals surface area contributed by atoms with Gasteiger partial charge >= 0.3 is 0 Å². The van der Waals surface area contributed by atoms with Crippen LogP contribution in [0, 0.1) is 19.8 Å². The Kier molecular flexibility index (Phi) is 8.61. The molecule has 2 aromatic rings. The van der Waals surface area contributed by atoms with E-state index in [0.717, 1.165) is 11.1 Å². The molecule has 2 unspecified atom stereocenters. The van der Waals surface area contributed by atoms with E-state index in [1.54, 1.807) is 37.3 Å². The smallest absolute Gasteiger partial charge is 0.279 e. The van der Waals surface area contributed by atoms with Gasteiger partial charge < -0.3 is 10.1 Å². The minimum absolute atomic E-state index is 0.155. The van der Waals surface area contributed by atoms with E-state index < -0.39 is 24.0 Å². The second-order valence-electron chi connectivity index (χ2n) is 7.95. The van der Waals surface area contributed by atoms with E-state index in [9.17, 15) is 14.4 Å². The van der Waals surface area contributed by atoms with Gasteiger partial charge in [-0.05, 0) is 49.4 Å². The summed E-state index contributed by atoms with van der Waals surface area (Å²) < 4.78 is 5.74. The highest BCUT2D eigenvalue weighted by atomic mass is 16.5. The van der Waals surface area contributed by atoms with Crippen LogP contribution < -0.4 is 20.9 Å². The summed E-state index contributed by atoms with van der Waals surface area (Å²) in [4.78, 5) is 37.5. The third-order valence-electron chi connectivity index (χ3n) is 4.83. The molecule has 7 heteroatoms. The van der Waals surface area contributed by atoms with Crippen molar-refractivity contribution >= 4 is 17.7 Å². The van der Waals surface area contributed by atoms with Crippen molar-refractivity contribution in [3.8, 4) is 5.75 Å². The molecule has 3 amide bonds. The maximum Gasteiger partial charge on any atom is 0.279 e. The number of rotatable bonds is 8. The third-order valence-corrected chi connectivity index (χ3v) is 4.83. The molecule has 0 aromatic heterocycles. The third kappa shape index (κ3) is 7.13. The first kappa shape index (κ1) is 23.9. The number of hydrogen-bond donors (Lipinski definition) is 3. The number of hydrogen-bond acceptors (Lipinski definition) is 4. The topological polar surface area (TPSA) is 96.5 Å². The Labute approximate surface area is 183 Å². The van der Waals surface area contributed by atoms with Crippen LogP contribution in [0.1, 0.15) is 49.9 Å². The molecule has 0 bridgehead atoms. The number of ether oxygens (including phenoxy) is 1. The predicted octanol–water partition coefficient (Wildman–Crippen LogP) is 3.12. The summed E-state index contributed by atoms with van der Waals surface area (Å²) in [6.07, 6.45) is -0.532. The number of amides is 3. The molecule has 0 aliphatic rings. The highest BCUT2D eigenvalue weighted by Gasteiger charge is 2.24. The molecule has 0 saturated carbocycles. The lowest BCUT2D eigenvalue weighted by Crippen LogP contribution is -2.51. The Morgan fingerprint density at radius 2 is 1.52 bits per heavy atom. The van der Waals surface area contributed by atoms with Crippen LogP contribution in [0.5, 0.6) is 5.75 Å². The van der Waals surface area contributed by atoms with Gasteiger partial charge in [0.15, 0.2) is 6.10 Å². The Morgan fingerprint density at radius 1 is 0.871 bits per heavy atom. The Hall–Kier alpha value is -3.35. The fourth-order valence-corrected chi connectivity index (χ4v) is 2.93. The van der Waals surface area contributed by atoms with Gasteiger partial charge in [-0.3, -0.25) is 25.2 Å². The van der Waals surface area contributed by atoms with E-state index in [-0.39, 0.29) is 11.8 Å². The lowest BCUT2D eigenvalue weighted by molar-refractivity contribution is -0.134. The van der Waals surface area contributed by atoms with Crippen molar-refractivity contribution in [1.29, 1.82) is 0 Å². The number of benzene rings is 2. The molecule has 0 aliphatic heterocycles. The lowest BCUT2D eigenvalue weighted by Gasteiger charge is -2.21. The molecular formula is C24H31N3O4. The SMILES string of the molecule is Cc1cccc(OC(C)C(=O)NNC(=O)C(NC(=O)CC(C)C)c2ccccc2)c1C. The monoisotopic (exact) mass is 425 g/mol. The zero-order valence-corrected chi connectivity index (χ0v) is 18.7. The van der Waals surface area contributed by atoms with Gasteiger partial charge in [0.2, 0.25) is 5.91 Å². The molecule has 0 heterocycles. The Bertz CT molecular complexity index is 912. The van der Waals surface area contributed by atoms with Crippen molar-refractivity contribution in [3.05, 3.63) is 65.2 Å². The molecule has 2 rings (SSSR count). The van der Waals surface area contributed by atoms with Crippen LogP contribution >= 0.6 is 0 Å². The molecule has 7 nitrogen and oxygen atoms in total. The van der Waals surface area contributed by atoms with Gasteiger partial charge in [-0.1, -0.05) is 56.3 Å². The summed E-state index contributed by atoms with van der Waals surface area (Å²) in [5.41, 5.74) is 7.41. The van der Waals surface area contributed by atoms with Gasteiger partial charge in [0.25, 0.3) is 11.8 Å². The molecular weight excluding hydrogens is 394 g/mol. The van der Waals surface area contributed by atoms with Gasteiger partial charge in [0.1, 0.15) is 11.8 Å². The second-order valence-corrected chi connectivity index (χ2v) is 7.95. The first-order chi connectivity index (χ1) is 14.7. The summed E-state index contributed by atoms with van der Waals surface area (Å²) in [6.45, 7) is 9.33. The summed E-state index contributed by atoms with van der Waals surface area (Å²) in [5.74, 6) is -0.526. The van der Waals surface area contributed by atoms with E-state index in [0.29, 0.717) is 17.7 Å². The summed E-state index contributed by atoms with van der Waals surface area (Å²) >= 11 is 0. The molecule has 0 spiro atoms. The van der Waals surface area contributed by atoms with E-state index in [4.69, 9.17) is 4.74 Å². The number of carbonyl (C=O) groups excluding carboxylic acids is 3. The normalized spacial score (nSPS) is 12.6. The van der Waals surface area contributed by atoms with E-state index in [1.807, 2.05) is 45.9 Å². The van der Waals surface area contributed by atoms with Crippen molar-refractivity contribution in [3.63, 3.8) is 0 Å². The molecule has 2 aromatic carbocycles. The van der Waals surface area contributed by atoms with Gasteiger partial charge in [-0.15, -0.1) is 0 Å². The summed E-state index contributed by atoms with van der Waals surface area (Å²) in [6, 6.07) is 13.6. The average Bonchev–Trinajstić information content (AvgIpc) is 2.73. The molecule has 0 aliphatic carbocycles. The van der Waals surface area contributed by atoms with E-state index >= 15 is 0 Å². The predicted molar refractivity (Wildman–Crippen MR) is 119 cm³/mol. The largest absolute Gasteiger partial charge is 0.481 e. The molecule has 0 radical (unpaired) electrons. The van der Waals surface area contributed by atoms with Crippen LogP contribution in [0.2, 0.25) is 0 Å². The highest BCUT2D eigenvalue weighted by Crippen LogP contribution is 2.21. The van der Waals surface area contributed by atoms with Crippen LogP contribution in [0.15, 0.2) is 48.5 Å². The molecule has 31 heavy (non-hydrogen) atoms.